The molecule has 0 saturated carbocycles. The van der Waals surface area contributed by atoms with E-state index in [9.17, 15) is 0 Å². The average Bonchev–Trinajstić information content (AvgIpc) is 2.83. The first-order valence-corrected chi connectivity index (χ1v) is 10.8. The van der Waals surface area contributed by atoms with Crippen LogP contribution in [0.1, 0.15) is 0 Å². The van der Waals surface area contributed by atoms with Gasteiger partial charge in [0.1, 0.15) is 14.6 Å². The van der Waals surface area contributed by atoms with E-state index in [-0.39, 0.29) is 0 Å². The molecule has 3 nitrogen and oxygen atoms in total. The van der Waals surface area contributed by atoms with Crippen molar-refractivity contribution in [1.29, 1.82) is 0 Å². The largest absolute Gasteiger partial charge is 0.361 e. The molecule has 1 heterocycles. The Labute approximate surface area is 123 Å². The summed E-state index contributed by atoms with van der Waals surface area (Å²) in [7, 11) is 1.08. The van der Waals surface area contributed by atoms with Crippen molar-refractivity contribution in [2.45, 2.75) is 32.4 Å². The zero-order valence-corrected chi connectivity index (χ0v) is 13.9. The number of benzene rings is 1. The summed E-state index contributed by atoms with van der Waals surface area (Å²) >= 11 is 0. The van der Waals surface area contributed by atoms with Crippen LogP contribution in [0.4, 0.5) is 0 Å². The number of hydrogen-bond donors (Lipinski definition) is 0. The van der Waals surface area contributed by atoms with E-state index < -0.39 is 8.07 Å². The molecule has 0 fully saturated rings. The van der Waals surface area contributed by atoms with Crippen LogP contribution in [0.25, 0.3) is 11.3 Å². The lowest BCUT2D eigenvalue weighted by Crippen LogP contribution is -2.22. The molecule has 0 spiro atoms. The van der Waals surface area contributed by atoms with Crippen LogP contribution in [0.15, 0.2) is 36.8 Å². The van der Waals surface area contributed by atoms with Crippen LogP contribution in [0, 0.1) is 0 Å². The van der Waals surface area contributed by atoms with Crippen molar-refractivity contribution >= 4 is 21.4 Å². The van der Waals surface area contributed by atoms with Gasteiger partial charge in [-0.15, -0.1) is 0 Å². The van der Waals surface area contributed by atoms with Crippen LogP contribution >= 0.6 is 0 Å². The molecule has 0 bridgehead atoms. The minimum atomic E-state index is -1.01. The Balaban J connectivity index is 1.97. The third kappa shape index (κ3) is 4.35. The van der Waals surface area contributed by atoms with Gasteiger partial charge < -0.3 is 9.30 Å². The molecule has 2 aromatic rings. The third-order valence-electron chi connectivity index (χ3n) is 3.29. The van der Waals surface area contributed by atoms with Crippen molar-refractivity contribution in [2.75, 3.05) is 6.61 Å². The molecule has 0 unspecified atom stereocenters. The Morgan fingerprint density at radius 3 is 2.55 bits per heavy atom. The monoisotopic (exact) mass is 286 g/mol. The third-order valence-corrected chi connectivity index (χ3v) is 4.99. The highest BCUT2D eigenvalue weighted by Gasteiger charge is 2.12. The lowest BCUT2D eigenvalue weighted by atomic mass is 9.95. The average molecular weight is 286 g/mol. The molecule has 0 aliphatic carbocycles. The molecule has 0 aliphatic rings. The Hall–Kier alpha value is -1.33. The van der Waals surface area contributed by atoms with Gasteiger partial charge in [-0.2, -0.15) is 0 Å². The normalized spacial score (nSPS) is 11.8. The van der Waals surface area contributed by atoms with Crippen molar-refractivity contribution in [3.05, 3.63) is 36.8 Å². The summed E-state index contributed by atoms with van der Waals surface area (Å²) < 4.78 is 7.86. The Morgan fingerprint density at radius 1 is 1.20 bits per heavy atom. The highest BCUT2D eigenvalue weighted by atomic mass is 28.3. The van der Waals surface area contributed by atoms with Crippen LogP contribution in [0.2, 0.25) is 25.7 Å². The first-order chi connectivity index (χ1) is 9.46. The Morgan fingerprint density at radius 2 is 1.90 bits per heavy atom. The predicted molar refractivity (Wildman–Crippen MR) is 89.9 cm³/mol. The van der Waals surface area contributed by atoms with Crippen LogP contribution in [-0.2, 0) is 11.5 Å². The van der Waals surface area contributed by atoms with E-state index in [1.807, 2.05) is 12.5 Å². The summed E-state index contributed by atoms with van der Waals surface area (Å²) in [5.74, 6) is 0. The van der Waals surface area contributed by atoms with E-state index in [0.29, 0.717) is 6.73 Å². The van der Waals surface area contributed by atoms with E-state index >= 15 is 0 Å². The number of ether oxygens (including phenoxy) is 1. The maximum atomic E-state index is 5.80. The highest BCUT2D eigenvalue weighted by molar-refractivity contribution is 6.76. The smallest absolute Gasteiger partial charge is 0.139 e. The number of nitrogens with zero attached hydrogens (tertiary/aromatic N) is 2. The standard InChI is InChI=1S/C15H23BN2OSi/c1-20(2,3)9-8-19-12-18-11-17-10-15(18)13-4-6-14(16)7-5-13/h4-7,10-11H,8-9,12,16H2,1-3H3. The van der Waals surface area contributed by atoms with Crippen molar-refractivity contribution in [1.82, 2.24) is 9.55 Å². The zero-order chi connectivity index (χ0) is 14.6. The van der Waals surface area contributed by atoms with Crippen molar-refractivity contribution in [3.63, 3.8) is 0 Å². The molecule has 0 radical (unpaired) electrons. The fourth-order valence-corrected chi connectivity index (χ4v) is 2.69. The fraction of sp³-hybridized carbons (Fsp3) is 0.400. The Kier molecular flexibility index (Phi) is 4.83. The van der Waals surface area contributed by atoms with Crippen LogP contribution in [0.3, 0.4) is 0 Å². The molecule has 20 heavy (non-hydrogen) atoms. The molecular formula is C15H23BN2OSi. The van der Waals surface area contributed by atoms with Gasteiger partial charge in [0.25, 0.3) is 0 Å². The van der Waals surface area contributed by atoms with Crippen molar-refractivity contribution < 1.29 is 4.74 Å². The first kappa shape index (κ1) is 15.1. The van der Waals surface area contributed by atoms with E-state index in [1.54, 1.807) is 0 Å². The first-order valence-electron chi connectivity index (χ1n) is 7.11. The maximum Gasteiger partial charge on any atom is 0.139 e. The Bertz CT molecular complexity index is 546. The number of imidazole rings is 1. The van der Waals surface area contributed by atoms with Crippen molar-refractivity contribution in [2.24, 2.45) is 0 Å². The predicted octanol–water partition coefficient (Wildman–Crippen LogP) is 2.12. The molecular weight excluding hydrogens is 263 g/mol. The van der Waals surface area contributed by atoms with Gasteiger partial charge in [-0.1, -0.05) is 49.4 Å². The quantitative estimate of drug-likeness (QED) is 0.601. The number of rotatable bonds is 6. The summed E-state index contributed by atoms with van der Waals surface area (Å²) in [4.78, 5) is 4.24. The number of hydrogen-bond acceptors (Lipinski definition) is 2. The van der Waals surface area contributed by atoms with Crippen LogP contribution in [-0.4, -0.2) is 32.1 Å². The molecule has 0 amide bonds. The second kappa shape index (κ2) is 6.41. The van der Waals surface area contributed by atoms with Crippen LogP contribution in [0.5, 0.6) is 0 Å². The number of aromatic nitrogens is 2. The lowest BCUT2D eigenvalue weighted by molar-refractivity contribution is 0.0882. The van der Waals surface area contributed by atoms with Gasteiger partial charge in [0.2, 0.25) is 0 Å². The summed E-state index contributed by atoms with van der Waals surface area (Å²) in [6, 6.07) is 9.70. The van der Waals surface area contributed by atoms with Gasteiger partial charge in [0, 0.05) is 14.7 Å². The van der Waals surface area contributed by atoms with E-state index in [4.69, 9.17) is 4.74 Å². The molecule has 5 heteroatoms. The summed E-state index contributed by atoms with van der Waals surface area (Å²) in [5, 5.41) is 0. The van der Waals surface area contributed by atoms with E-state index in [0.717, 1.165) is 12.3 Å². The molecule has 0 aliphatic heterocycles. The minimum absolute atomic E-state index is 0.577. The lowest BCUT2D eigenvalue weighted by Gasteiger charge is -2.16. The van der Waals surface area contributed by atoms with Gasteiger partial charge in [-0.25, -0.2) is 4.98 Å². The molecule has 0 atom stereocenters. The van der Waals surface area contributed by atoms with Crippen LogP contribution < -0.4 is 5.46 Å². The topological polar surface area (TPSA) is 27.1 Å². The van der Waals surface area contributed by atoms with Gasteiger partial charge in [0.05, 0.1) is 18.2 Å². The van der Waals surface area contributed by atoms with Crippen molar-refractivity contribution in [3.8, 4) is 11.3 Å². The highest BCUT2D eigenvalue weighted by Crippen LogP contribution is 2.18. The van der Waals surface area contributed by atoms with Gasteiger partial charge >= 0.3 is 0 Å². The molecule has 2 rings (SSSR count). The molecule has 1 aromatic heterocycles. The summed E-state index contributed by atoms with van der Waals surface area (Å²) in [6.07, 6.45) is 3.73. The molecule has 1 aromatic carbocycles. The summed E-state index contributed by atoms with van der Waals surface area (Å²) in [5.41, 5.74) is 3.56. The molecule has 106 valence electrons. The van der Waals surface area contributed by atoms with E-state index in [2.05, 4.69) is 61.3 Å². The second-order valence-electron chi connectivity index (χ2n) is 6.46. The minimum Gasteiger partial charge on any atom is -0.361 e. The summed E-state index contributed by atoms with van der Waals surface area (Å²) in [6.45, 7) is 8.51. The van der Waals surface area contributed by atoms with Gasteiger partial charge in [-0.05, 0) is 11.6 Å². The van der Waals surface area contributed by atoms with Gasteiger partial charge in [-0.3, -0.25) is 0 Å². The SMILES string of the molecule is Bc1ccc(-c2cncn2COCC[Si](C)(C)C)cc1. The second-order valence-corrected chi connectivity index (χ2v) is 12.1. The van der Waals surface area contributed by atoms with E-state index in [1.165, 1.54) is 17.1 Å². The van der Waals surface area contributed by atoms with Gasteiger partial charge in [0.15, 0.2) is 0 Å². The zero-order valence-electron chi connectivity index (χ0n) is 12.9. The fourth-order valence-electron chi connectivity index (χ4n) is 1.93. The molecule has 0 saturated heterocycles. The maximum absolute atomic E-state index is 5.80. The molecule has 0 N–H and O–H groups in total.